The summed E-state index contributed by atoms with van der Waals surface area (Å²) < 4.78 is 0. The molecule has 2 aliphatic heterocycles. The first-order valence-corrected chi connectivity index (χ1v) is 8.44. The van der Waals surface area contributed by atoms with Gasteiger partial charge < -0.3 is 10.2 Å². The van der Waals surface area contributed by atoms with Crippen LogP contribution in [0.3, 0.4) is 0 Å². The Kier molecular flexibility index (Phi) is 3.77. The zero-order chi connectivity index (χ0) is 13.3. The first-order chi connectivity index (χ1) is 9.16. The number of nitrogens with one attached hydrogen (secondary N) is 1. The summed E-state index contributed by atoms with van der Waals surface area (Å²) in [6, 6.07) is 9.59. The van der Waals surface area contributed by atoms with Crippen molar-refractivity contribution in [1.82, 2.24) is 5.32 Å². The molecule has 1 unspecified atom stereocenters. The zero-order valence-corrected chi connectivity index (χ0v) is 12.8. The standard InChI is InChI=1S/C16H24N2S/c1-16(2)9-14(11-19-12-16)18-8-7-17-10-13-5-3-4-6-15(13)18/h3-6,14,17H,7-12H2,1-2H3. The third-order valence-electron chi connectivity index (χ3n) is 4.18. The lowest BCUT2D eigenvalue weighted by Crippen LogP contribution is -2.45. The lowest BCUT2D eigenvalue weighted by molar-refractivity contribution is 0.338. The highest BCUT2D eigenvalue weighted by Crippen LogP contribution is 2.38. The second-order valence-electron chi connectivity index (χ2n) is 6.54. The van der Waals surface area contributed by atoms with Crippen molar-refractivity contribution in [3.63, 3.8) is 0 Å². The van der Waals surface area contributed by atoms with Gasteiger partial charge >= 0.3 is 0 Å². The summed E-state index contributed by atoms with van der Waals surface area (Å²) in [5.41, 5.74) is 3.38. The van der Waals surface area contributed by atoms with E-state index < -0.39 is 0 Å². The molecule has 2 heterocycles. The SMILES string of the molecule is CC1(C)CSCC(N2CCNCc3ccccc32)C1. The first-order valence-electron chi connectivity index (χ1n) is 7.29. The quantitative estimate of drug-likeness (QED) is 0.848. The van der Waals surface area contributed by atoms with Gasteiger partial charge in [-0.15, -0.1) is 0 Å². The molecule has 1 aromatic carbocycles. The van der Waals surface area contributed by atoms with E-state index in [1.807, 2.05) is 0 Å². The van der Waals surface area contributed by atoms with Gasteiger partial charge in [0.1, 0.15) is 0 Å². The second kappa shape index (κ2) is 5.37. The molecule has 2 aliphatic rings. The Morgan fingerprint density at radius 1 is 1.32 bits per heavy atom. The van der Waals surface area contributed by atoms with E-state index in [-0.39, 0.29) is 0 Å². The minimum absolute atomic E-state index is 0.474. The molecule has 1 aromatic rings. The highest BCUT2D eigenvalue weighted by Gasteiger charge is 2.33. The van der Waals surface area contributed by atoms with E-state index in [1.165, 1.54) is 29.2 Å². The molecule has 19 heavy (non-hydrogen) atoms. The first kappa shape index (κ1) is 13.3. The molecular formula is C16H24N2S. The maximum atomic E-state index is 3.54. The fourth-order valence-electron chi connectivity index (χ4n) is 3.29. The van der Waals surface area contributed by atoms with Gasteiger partial charge in [-0.1, -0.05) is 32.0 Å². The molecule has 0 spiro atoms. The monoisotopic (exact) mass is 276 g/mol. The Labute approximate surface area is 121 Å². The van der Waals surface area contributed by atoms with E-state index in [2.05, 4.69) is 60.1 Å². The van der Waals surface area contributed by atoms with Crippen molar-refractivity contribution in [2.45, 2.75) is 32.9 Å². The van der Waals surface area contributed by atoms with Gasteiger partial charge in [-0.3, -0.25) is 0 Å². The minimum atomic E-state index is 0.474. The van der Waals surface area contributed by atoms with E-state index >= 15 is 0 Å². The van der Waals surface area contributed by atoms with Crippen LogP contribution in [0.4, 0.5) is 5.69 Å². The second-order valence-corrected chi connectivity index (χ2v) is 7.57. The van der Waals surface area contributed by atoms with Crippen molar-refractivity contribution < 1.29 is 0 Å². The van der Waals surface area contributed by atoms with Crippen molar-refractivity contribution in [3.8, 4) is 0 Å². The van der Waals surface area contributed by atoms with Gasteiger partial charge in [0.05, 0.1) is 0 Å². The fourth-order valence-corrected chi connectivity index (χ4v) is 4.65. The maximum absolute atomic E-state index is 3.54. The smallest absolute Gasteiger partial charge is 0.0415 e. The van der Waals surface area contributed by atoms with Crippen molar-refractivity contribution >= 4 is 17.4 Å². The topological polar surface area (TPSA) is 15.3 Å². The van der Waals surface area contributed by atoms with Gasteiger partial charge in [0.25, 0.3) is 0 Å². The third kappa shape index (κ3) is 2.92. The van der Waals surface area contributed by atoms with Gasteiger partial charge in [-0.05, 0) is 29.2 Å². The van der Waals surface area contributed by atoms with E-state index in [0.717, 1.165) is 19.6 Å². The van der Waals surface area contributed by atoms with Crippen LogP contribution >= 0.6 is 11.8 Å². The number of hydrogen-bond acceptors (Lipinski definition) is 3. The summed E-state index contributed by atoms with van der Waals surface area (Å²) in [5, 5.41) is 3.54. The Morgan fingerprint density at radius 2 is 2.16 bits per heavy atom. The minimum Gasteiger partial charge on any atom is -0.366 e. The van der Waals surface area contributed by atoms with Crippen LogP contribution in [0, 0.1) is 5.41 Å². The summed E-state index contributed by atoms with van der Waals surface area (Å²) >= 11 is 2.12. The highest BCUT2D eigenvalue weighted by atomic mass is 32.2. The molecule has 0 saturated carbocycles. The zero-order valence-electron chi connectivity index (χ0n) is 12.0. The van der Waals surface area contributed by atoms with Gasteiger partial charge in [0.2, 0.25) is 0 Å². The average molecular weight is 276 g/mol. The molecule has 1 atom stereocenters. The number of para-hydroxylation sites is 1. The molecule has 0 aliphatic carbocycles. The van der Waals surface area contributed by atoms with Gasteiger partial charge in [0, 0.05) is 37.1 Å². The molecule has 0 aromatic heterocycles. The lowest BCUT2D eigenvalue weighted by Gasteiger charge is -2.42. The molecule has 3 heteroatoms. The van der Waals surface area contributed by atoms with Crippen molar-refractivity contribution in [2.24, 2.45) is 5.41 Å². The number of benzene rings is 1. The van der Waals surface area contributed by atoms with E-state index in [0.29, 0.717) is 11.5 Å². The molecule has 104 valence electrons. The van der Waals surface area contributed by atoms with Crippen LogP contribution < -0.4 is 10.2 Å². The lowest BCUT2D eigenvalue weighted by atomic mass is 9.87. The Bertz CT molecular complexity index is 444. The Balaban J connectivity index is 1.87. The largest absolute Gasteiger partial charge is 0.366 e. The van der Waals surface area contributed by atoms with Crippen molar-refractivity contribution in [1.29, 1.82) is 0 Å². The van der Waals surface area contributed by atoms with E-state index in [1.54, 1.807) is 0 Å². The van der Waals surface area contributed by atoms with Crippen LogP contribution in [-0.2, 0) is 6.54 Å². The molecule has 1 N–H and O–H groups in total. The van der Waals surface area contributed by atoms with Gasteiger partial charge in [-0.25, -0.2) is 0 Å². The number of hydrogen-bond donors (Lipinski definition) is 1. The van der Waals surface area contributed by atoms with Crippen molar-refractivity contribution in [3.05, 3.63) is 29.8 Å². The summed E-state index contributed by atoms with van der Waals surface area (Å²) in [4.78, 5) is 2.66. The number of rotatable bonds is 1. The third-order valence-corrected chi connectivity index (χ3v) is 5.78. The van der Waals surface area contributed by atoms with Gasteiger partial charge in [0.15, 0.2) is 0 Å². The van der Waals surface area contributed by atoms with Gasteiger partial charge in [-0.2, -0.15) is 11.8 Å². The fraction of sp³-hybridized carbons (Fsp3) is 0.625. The number of anilines is 1. The molecule has 1 fully saturated rings. The normalized spacial score (nSPS) is 26.6. The maximum Gasteiger partial charge on any atom is 0.0415 e. The van der Waals surface area contributed by atoms with E-state index in [4.69, 9.17) is 0 Å². The molecular weight excluding hydrogens is 252 g/mol. The van der Waals surface area contributed by atoms with Crippen LogP contribution in [0.1, 0.15) is 25.8 Å². The molecule has 3 rings (SSSR count). The van der Waals surface area contributed by atoms with Crippen LogP contribution in [0.2, 0.25) is 0 Å². The predicted octanol–water partition coefficient (Wildman–Crippen LogP) is 3.13. The highest BCUT2D eigenvalue weighted by molar-refractivity contribution is 7.99. The van der Waals surface area contributed by atoms with Crippen LogP contribution in [-0.4, -0.2) is 30.6 Å². The van der Waals surface area contributed by atoms with E-state index in [9.17, 15) is 0 Å². The molecule has 1 saturated heterocycles. The summed E-state index contributed by atoms with van der Waals surface area (Å²) in [6.07, 6.45) is 1.31. The van der Waals surface area contributed by atoms with Crippen LogP contribution in [0.15, 0.2) is 24.3 Å². The molecule has 0 radical (unpaired) electrons. The summed E-state index contributed by atoms with van der Waals surface area (Å²) in [7, 11) is 0. The molecule has 2 nitrogen and oxygen atoms in total. The van der Waals surface area contributed by atoms with Crippen LogP contribution in [0.25, 0.3) is 0 Å². The number of thioether (sulfide) groups is 1. The Hall–Kier alpha value is -0.670. The summed E-state index contributed by atoms with van der Waals surface area (Å²) in [6.45, 7) is 8.06. The average Bonchev–Trinajstić information content (AvgIpc) is 2.59. The number of fused-ring (bicyclic) bond motifs is 1. The molecule has 0 bridgehead atoms. The van der Waals surface area contributed by atoms with Crippen molar-refractivity contribution in [2.75, 3.05) is 29.5 Å². The predicted molar refractivity (Wildman–Crippen MR) is 85.0 cm³/mol. The summed E-state index contributed by atoms with van der Waals surface area (Å²) in [5.74, 6) is 2.58. The molecule has 0 amide bonds. The Morgan fingerprint density at radius 3 is 3.00 bits per heavy atom. The van der Waals surface area contributed by atoms with Crippen LogP contribution in [0.5, 0.6) is 0 Å². The number of nitrogens with zero attached hydrogens (tertiary/aromatic N) is 1.